The normalized spacial score (nSPS) is 16.8. The highest BCUT2D eigenvalue weighted by atomic mass is 32.2. The van der Waals surface area contributed by atoms with Crippen LogP contribution in [0.25, 0.3) is 0 Å². The highest BCUT2D eigenvalue weighted by molar-refractivity contribution is 7.98. The van der Waals surface area contributed by atoms with E-state index in [0.29, 0.717) is 12.2 Å². The van der Waals surface area contributed by atoms with Crippen LogP contribution in [0.1, 0.15) is 24.0 Å². The zero-order valence-electron chi connectivity index (χ0n) is 14.3. The quantitative estimate of drug-likeness (QED) is 0.813. The largest absolute Gasteiger partial charge is 0.325 e. The molecule has 1 amide bonds. The molecule has 7 heteroatoms. The average Bonchev–Trinajstić information content (AvgIpc) is 2.89. The molecule has 2 aromatic carbocycles. The summed E-state index contributed by atoms with van der Waals surface area (Å²) in [6.45, 7) is 2.06. The van der Waals surface area contributed by atoms with Crippen LogP contribution in [-0.2, 0) is 21.4 Å². The maximum Gasteiger partial charge on any atom is 0.243 e. The van der Waals surface area contributed by atoms with Gasteiger partial charge in [0.1, 0.15) is 0 Å². The Morgan fingerprint density at radius 1 is 1.16 bits per heavy atom. The van der Waals surface area contributed by atoms with Crippen molar-refractivity contribution in [1.82, 2.24) is 4.31 Å². The molecule has 25 heavy (non-hydrogen) atoms. The lowest BCUT2D eigenvalue weighted by Crippen LogP contribution is -2.26. The van der Waals surface area contributed by atoms with Crippen LogP contribution in [0.4, 0.5) is 5.69 Å². The summed E-state index contributed by atoms with van der Waals surface area (Å²) in [5.41, 5.74) is 2.34. The molecular formula is C18H20N2O3S2. The molecule has 5 nitrogen and oxygen atoms in total. The van der Waals surface area contributed by atoms with Gasteiger partial charge in [0.2, 0.25) is 15.9 Å². The number of rotatable bonds is 5. The van der Waals surface area contributed by atoms with E-state index < -0.39 is 10.0 Å². The second-order valence-electron chi connectivity index (χ2n) is 6.07. The number of carbonyl (C=O) groups excluding carboxylic acids is 1. The number of fused-ring (bicyclic) bond motifs is 1. The Kier molecular flexibility index (Phi) is 4.90. The number of sulfonamides is 1. The van der Waals surface area contributed by atoms with E-state index in [1.807, 2.05) is 30.5 Å². The summed E-state index contributed by atoms with van der Waals surface area (Å²) < 4.78 is 27.1. The lowest BCUT2D eigenvalue weighted by atomic mass is 10.0. The van der Waals surface area contributed by atoms with Crippen molar-refractivity contribution in [2.75, 3.05) is 18.6 Å². The van der Waals surface area contributed by atoms with Gasteiger partial charge in [-0.25, -0.2) is 8.42 Å². The Labute approximate surface area is 152 Å². The number of anilines is 1. The molecule has 0 radical (unpaired) electrons. The molecule has 3 rings (SSSR count). The van der Waals surface area contributed by atoms with Crippen LogP contribution in [-0.4, -0.2) is 31.9 Å². The first-order valence-electron chi connectivity index (χ1n) is 7.87. The third-order valence-corrected chi connectivity index (χ3v) is 6.96. The van der Waals surface area contributed by atoms with E-state index in [1.54, 1.807) is 43.9 Å². The Hall–Kier alpha value is -1.83. The fraction of sp³-hybridized carbons (Fsp3) is 0.278. The molecule has 0 aromatic heterocycles. The van der Waals surface area contributed by atoms with Crippen molar-refractivity contribution < 1.29 is 13.2 Å². The number of nitrogens with zero attached hydrogens (tertiary/aromatic N) is 1. The number of carbonyl (C=O) groups is 1. The van der Waals surface area contributed by atoms with Crippen LogP contribution < -0.4 is 5.32 Å². The minimum absolute atomic E-state index is 0.105. The Morgan fingerprint density at radius 2 is 1.84 bits per heavy atom. The van der Waals surface area contributed by atoms with Gasteiger partial charge in [-0.3, -0.25) is 4.79 Å². The molecule has 1 aliphatic heterocycles. The smallest absolute Gasteiger partial charge is 0.243 e. The zero-order valence-corrected chi connectivity index (χ0v) is 15.9. The lowest BCUT2D eigenvalue weighted by Gasteiger charge is -2.18. The fourth-order valence-corrected chi connectivity index (χ4v) is 4.41. The minimum Gasteiger partial charge on any atom is -0.325 e. The van der Waals surface area contributed by atoms with Crippen molar-refractivity contribution >= 4 is 33.4 Å². The van der Waals surface area contributed by atoms with Gasteiger partial charge in [-0.2, -0.15) is 4.31 Å². The molecule has 0 saturated carbocycles. The van der Waals surface area contributed by atoms with Gasteiger partial charge in [-0.1, -0.05) is 12.1 Å². The van der Waals surface area contributed by atoms with Gasteiger partial charge in [-0.15, -0.1) is 11.8 Å². The number of benzene rings is 2. The summed E-state index contributed by atoms with van der Waals surface area (Å²) >= 11 is 1.65. The van der Waals surface area contributed by atoms with Gasteiger partial charge in [0.25, 0.3) is 0 Å². The van der Waals surface area contributed by atoms with Crippen LogP contribution in [0.5, 0.6) is 0 Å². The molecule has 0 bridgehead atoms. The number of amides is 1. The Morgan fingerprint density at radius 3 is 2.48 bits per heavy atom. The van der Waals surface area contributed by atoms with Gasteiger partial charge in [0.05, 0.1) is 10.8 Å². The van der Waals surface area contributed by atoms with E-state index in [9.17, 15) is 13.2 Å². The monoisotopic (exact) mass is 376 g/mol. The third-order valence-electron chi connectivity index (χ3n) is 4.41. The molecule has 1 N–H and O–H groups in total. The van der Waals surface area contributed by atoms with E-state index in [2.05, 4.69) is 5.32 Å². The SMILES string of the molecule is CSc1ccc(CN(C)S(=O)(=O)c2ccc3c(c2)[C@H](C)C(=O)N3)cc1. The first-order valence-corrected chi connectivity index (χ1v) is 10.5. The van der Waals surface area contributed by atoms with Gasteiger partial charge in [-0.05, 0) is 54.6 Å². The van der Waals surface area contributed by atoms with Crippen LogP contribution >= 0.6 is 11.8 Å². The van der Waals surface area contributed by atoms with Crippen molar-refractivity contribution in [3.05, 3.63) is 53.6 Å². The third kappa shape index (κ3) is 3.44. The van der Waals surface area contributed by atoms with Crippen molar-refractivity contribution in [1.29, 1.82) is 0 Å². The highest BCUT2D eigenvalue weighted by Gasteiger charge is 2.29. The number of hydrogen-bond donors (Lipinski definition) is 1. The topological polar surface area (TPSA) is 66.5 Å². The van der Waals surface area contributed by atoms with Crippen molar-refractivity contribution in [3.63, 3.8) is 0 Å². The maximum absolute atomic E-state index is 12.9. The summed E-state index contributed by atoms with van der Waals surface area (Å²) in [5, 5.41) is 2.76. The molecule has 2 aromatic rings. The summed E-state index contributed by atoms with van der Waals surface area (Å²) in [6.07, 6.45) is 2.00. The zero-order chi connectivity index (χ0) is 18.2. The maximum atomic E-state index is 12.9. The minimum atomic E-state index is -3.63. The van der Waals surface area contributed by atoms with Gasteiger partial charge in [0.15, 0.2) is 0 Å². The van der Waals surface area contributed by atoms with Crippen molar-refractivity contribution in [2.24, 2.45) is 0 Å². The molecule has 0 saturated heterocycles. The van der Waals surface area contributed by atoms with Crippen LogP contribution in [0, 0.1) is 0 Å². The number of nitrogens with one attached hydrogen (secondary N) is 1. The van der Waals surface area contributed by atoms with Gasteiger partial charge < -0.3 is 5.32 Å². The molecule has 1 heterocycles. The summed E-state index contributed by atoms with van der Waals surface area (Å²) in [6, 6.07) is 12.6. The van der Waals surface area contributed by atoms with Crippen LogP contribution in [0.3, 0.4) is 0 Å². The molecule has 1 atom stereocenters. The summed E-state index contributed by atoms with van der Waals surface area (Å²) in [7, 11) is -2.06. The number of thioether (sulfide) groups is 1. The van der Waals surface area contributed by atoms with Crippen molar-refractivity contribution in [2.45, 2.75) is 29.2 Å². The first-order chi connectivity index (χ1) is 11.8. The lowest BCUT2D eigenvalue weighted by molar-refractivity contribution is -0.116. The van der Waals surface area contributed by atoms with E-state index in [0.717, 1.165) is 16.0 Å². The number of hydrogen-bond acceptors (Lipinski definition) is 4. The predicted octanol–water partition coefficient (Wildman–Crippen LogP) is 3.28. The van der Waals surface area contributed by atoms with Crippen LogP contribution in [0.15, 0.2) is 52.3 Å². The second-order valence-corrected chi connectivity index (χ2v) is 8.99. The van der Waals surface area contributed by atoms with E-state index in [4.69, 9.17) is 0 Å². The molecule has 1 aliphatic rings. The Bertz CT molecular complexity index is 908. The Balaban J connectivity index is 1.84. The molecule has 0 spiro atoms. The predicted molar refractivity (Wildman–Crippen MR) is 100 cm³/mol. The van der Waals surface area contributed by atoms with Crippen LogP contribution in [0.2, 0.25) is 0 Å². The first kappa shape index (κ1) is 18.0. The van der Waals surface area contributed by atoms with E-state index in [-0.39, 0.29) is 16.7 Å². The fourth-order valence-electron chi connectivity index (χ4n) is 2.81. The second kappa shape index (κ2) is 6.82. The standard InChI is InChI=1S/C18H20N2O3S2/c1-12-16-10-15(8-9-17(16)19-18(12)21)25(22,23)20(2)11-13-4-6-14(24-3)7-5-13/h4-10,12H,11H2,1-3H3,(H,19,21)/t12-/m0/s1. The average molecular weight is 377 g/mol. The van der Waals surface area contributed by atoms with E-state index in [1.165, 1.54) is 4.31 Å². The summed E-state index contributed by atoms with van der Waals surface area (Å²) in [4.78, 5) is 13.1. The van der Waals surface area contributed by atoms with Crippen molar-refractivity contribution in [3.8, 4) is 0 Å². The molecule has 0 aliphatic carbocycles. The highest BCUT2D eigenvalue weighted by Crippen LogP contribution is 2.34. The summed E-state index contributed by atoms with van der Waals surface area (Å²) in [5.74, 6) is -0.443. The molecule has 0 fully saturated rings. The molecule has 132 valence electrons. The van der Waals surface area contributed by atoms with Gasteiger partial charge in [0, 0.05) is 24.2 Å². The van der Waals surface area contributed by atoms with E-state index >= 15 is 0 Å². The van der Waals surface area contributed by atoms with Gasteiger partial charge >= 0.3 is 0 Å². The molecule has 0 unspecified atom stereocenters. The molecular weight excluding hydrogens is 356 g/mol.